The van der Waals surface area contributed by atoms with Gasteiger partial charge in [-0.3, -0.25) is 4.79 Å². The van der Waals surface area contributed by atoms with E-state index in [-0.39, 0.29) is 5.97 Å². The van der Waals surface area contributed by atoms with Crippen molar-refractivity contribution in [1.82, 2.24) is 0 Å². The molecule has 0 radical (unpaired) electrons. The van der Waals surface area contributed by atoms with E-state index in [1.165, 1.54) is 0 Å². The lowest BCUT2D eigenvalue weighted by Crippen LogP contribution is -2.31. The van der Waals surface area contributed by atoms with Crippen LogP contribution in [0.25, 0.3) is 0 Å². The number of hydrogen-bond acceptors (Lipinski definition) is 4. The van der Waals surface area contributed by atoms with Crippen molar-refractivity contribution < 1.29 is 14.4 Å². The highest BCUT2D eigenvalue weighted by molar-refractivity contribution is 6.30. The Hall–Kier alpha value is -1.55. The monoisotopic (exact) mass is 309 g/mol. The van der Waals surface area contributed by atoms with E-state index in [1.54, 1.807) is 18.3 Å². The van der Waals surface area contributed by atoms with Gasteiger partial charge in [0.2, 0.25) is 0 Å². The number of hydrogen-bond donors (Lipinski definition) is 0. The fourth-order valence-corrected chi connectivity index (χ4v) is 2.62. The zero-order chi connectivity index (χ0) is 15.1. The van der Waals surface area contributed by atoms with Crippen molar-refractivity contribution in [1.29, 1.82) is 0 Å². The summed E-state index contributed by atoms with van der Waals surface area (Å²) in [4.78, 5) is 17.4. The number of esters is 1. The van der Waals surface area contributed by atoms with Crippen LogP contribution in [-0.2, 0) is 21.0 Å². The van der Waals surface area contributed by atoms with Crippen molar-refractivity contribution in [2.24, 2.45) is 10.6 Å². The zero-order valence-electron chi connectivity index (χ0n) is 12.2. The summed E-state index contributed by atoms with van der Waals surface area (Å²) in [5.74, 6) is -0.193. The number of rotatable bonds is 6. The predicted octanol–water partition coefficient (Wildman–Crippen LogP) is 3.97. The SMILES string of the molecule is CCOC(=O)C1(C=NOCc2ccc(Cl)cc2)CCCC1. The van der Waals surface area contributed by atoms with Crippen molar-refractivity contribution >= 4 is 23.8 Å². The van der Waals surface area contributed by atoms with Gasteiger partial charge in [0.1, 0.15) is 12.0 Å². The first-order chi connectivity index (χ1) is 10.2. The fourth-order valence-electron chi connectivity index (χ4n) is 2.50. The molecule has 2 rings (SSSR count). The number of ether oxygens (including phenoxy) is 1. The van der Waals surface area contributed by atoms with Gasteiger partial charge >= 0.3 is 5.97 Å². The number of nitrogens with zero attached hydrogens (tertiary/aromatic N) is 1. The molecule has 1 aliphatic rings. The molecule has 0 aromatic heterocycles. The first kappa shape index (κ1) is 15.8. The number of halogens is 1. The fraction of sp³-hybridized carbons (Fsp3) is 0.500. The van der Waals surface area contributed by atoms with Gasteiger partial charge in [0, 0.05) is 5.02 Å². The van der Waals surface area contributed by atoms with E-state index in [0.717, 1.165) is 31.2 Å². The van der Waals surface area contributed by atoms with Crippen LogP contribution >= 0.6 is 11.6 Å². The average Bonchev–Trinajstić information content (AvgIpc) is 2.96. The minimum absolute atomic E-state index is 0.193. The molecule has 0 heterocycles. The molecule has 0 unspecified atom stereocenters. The first-order valence-electron chi connectivity index (χ1n) is 7.24. The van der Waals surface area contributed by atoms with E-state index in [2.05, 4.69) is 5.16 Å². The second kappa shape index (κ2) is 7.46. The van der Waals surface area contributed by atoms with Gasteiger partial charge in [-0.05, 0) is 37.5 Å². The van der Waals surface area contributed by atoms with Crippen molar-refractivity contribution in [2.45, 2.75) is 39.2 Å². The third-order valence-electron chi connectivity index (χ3n) is 3.70. The highest BCUT2D eigenvalue weighted by atomic mass is 35.5. The van der Waals surface area contributed by atoms with Crippen LogP contribution in [0, 0.1) is 5.41 Å². The van der Waals surface area contributed by atoms with Crippen LogP contribution in [0.4, 0.5) is 0 Å². The molecule has 1 saturated carbocycles. The quantitative estimate of drug-likeness (QED) is 0.454. The highest BCUT2D eigenvalue weighted by Crippen LogP contribution is 2.37. The van der Waals surface area contributed by atoms with Gasteiger partial charge in [0.05, 0.1) is 12.8 Å². The maximum Gasteiger partial charge on any atom is 0.317 e. The molecule has 1 aromatic rings. The molecule has 1 aromatic carbocycles. The molecule has 5 heteroatoms. The van der Waals surface area contributed by atoms with Crippen molar-refractivity contribution in [3.05, 3.63) is 34.9 Å². The number of carbonyl (C=O) groups is 1. The molecule has 21 heavy (non-hydrogen) atoms. The van der Waals surface area contributed by atoms with E-state index in [0.29, 0.717) is 18.2 Å². The molecular weight excluding hydrogens is 290 g/mol. The summed E-state index contributed by atoms with van der Waals surface area (Å²) in [7, 11) is 0. The smallest absolute Gasteiger partial charge is 0.317 e. The molecule has 0 atom stereocenters. The largest absolute Gasteiger partial charge is 0.465 e. The maximum absolute atomic E-state index is 12.1. The predicted molar refractivity (Wildman–Crippen MR) is 82.3 cm³/mol. The van der Waals surface area contributed by atoms with Crippen LogP contribution in [0.2, 0.25) is 5.02 Å². The summed E-state index contributed by atoms with van der Waals surface area (Å²) in [6.07, 6.45) is 5.21. The molecule has 1 fully saturated rings. The van der Waals surface area contributed by atoms with Gasteiger partial charge in [-0.25, -0.2) is 0 Å². The maximum atomic E-state index is 12.1. The van der Waals surface area contributed by atoms with Crippen LogP contribution in [0.15, 0.2) is 29.4 Å². The first-order valence-corrected chi connectivity index (χ1v) is 7.62. The summed E-state index contributed by atoms with van der Waals surface area (Å²) >= 11 is 5.82. The lowest BCUT2D eigenvalue weighted by atomic mass is 9.88. The van der Waals surface area contributed by atoms with Crippen LogP contribution in [0.5, 0.6) is 0 Å². The van der Waals surface area contributed by atoms with Gasteiger partial charge in [-0.1, -0.05) is 41.7 Å². The zero-order valence-corrected chi connectivity index (χ0v) is 12.9. The molecular formula is C16H20ClNO3. The van der Waals surface area contributed by atoms with E-state index in [4.69, 9.17) is 21.2 Å². The topological polar surface area (TPSA) is 47.9 Å². The number of benzene rings is 1. The lowest BCUT2D eigenvalue weighted by molar-refractivity contribution is -0.150. The van der Waals surface area contributed by atoms with Crippen molar-refractivity contribution in [3.8, 4) is 0 Å². The van der Waals surface area contributed by atoms with E-state index in [9.17, 15) is 4.79 Å². The Balaban J connectivity index is 1.91. The summed E-state index contributed by atoms with van der Waals surface area (Å²) in [5.41, 5.74) is 0.379. The van der Waals surface area contributed by atoms with E-state index < -0.39 is 5.41 Å². The van der Waals surface area contributed by atoms with E-state index >= 15 is 0 Å². The second-order valence-corrected chi connectivity index (χ2v) is 5.65. The Morgan fingerprint density at radius 3 is 2.62 bits per heavy atom. The molecule has 4 nitrogen and oxygen atoms in total. The average molecular weight is 310 g/mol. The normalized spacial score (nSPS) is 17.0. The molecule has 114 valence electrons. The van der Waals surface area contributed by atoms with Gasteiger partial charge in [-0.15, -0.1) is 0 Å². The van der Waals surface area contributed by atoms with Crippen LogP contribution in [-0.4, -0.2) is 18.8 Å². The van der Waals surface area contributed by atoms with Crippen LogP contribution < -0.4 is 0 Å². The molecule has 0 spiro atoms. The van der Waals surface area contributed by atoms with Gasteiger partial charge < -0.3 is 9.57 Å². The molecule has 0 amide bonds. The molecule has 0 N–H and O–H groups in total. The van der Waals surface area contributed by atoms with Crippen LogP contribution in [0.3, 0.4) is 0 Å². The summed E-state index contributed by atoms with van der Waals surface area (Å²) in [5, 5.41) is 4.68. The van der Waals surface area contributed by atoms with Crippen molar-refractivity contribution in [3.63, 3.8) is 0 Å². The second-order valence-electron chi connectivity index (χ2n) is 5.22. The Bertz CT molecular complexity index is 493. The highest BCUT2D eigenvalue weighted by Gasteiger charge is 2.41. The number of oxime groups is 1. The summed E-state index contributed by atoms with van der Waals surface area (Å²) < 4.78 is 5.16. The van der Waals surface area contributed by atoms with E-state index in [1.807, 2.05) is 19.1 Å². The Kier molecular flexibility index (Phi) is 5.62. The van der Waals surface area contributed by atoms with Gasteiger partial charge in [0.25, 0.3) is 0 Å². The Morgan fingerprint density at radius 1 is 1.33 bits per heavy atom. The van der Waals surface area contributed by atoms with Gasteiger partial charge in [0.15, 0.2) is 0 Å². The Morgan fingerprint density at radius 2 is 2.00 bits per heavy atom. The van der Waals surface area contributed by atoms with Gasteiger partial charge in [-0.2, -0.15) is 0 Å². The van der Waals surface area contributed by atoms with Crippen molar-refractivity contribution in [2.75, 3.05) is 6.61 Å². The lowest BCUT2D eigenvalue weighted by Gasteiger charge is -2.20. The summed E-state index contributed by atoms with van der Waals surface area (Å²) in [6.45, 7) is 2.56. The third-order valence-corrected chi connectivity index (χ3v) is 3.95. The standard InChI is InChI=1S/C16H20ClNO3/c1-2-20-15(19)16(9-3-4-10-16)12-18-21-11-13-5-7-14(17)8-6-13/h5-8,12H,2-4,9-11H2,1H3. The third kappa shape index (κ3) is 4.21. The molecule has 0 bridgehead atoms. The minimum Gasteiger partial charge on any atom is -0.465 e. The molecule has 0 saturated heterocycles. The van der Waals surface area contributed by atoms with Crippen LogP contribution in [0.1, 0.15) is 38.2 Å². The molecule has 1 aliphatic carbocycles. The minimum atomic E-state index is -0.601. The molecule has 0 aliphatic heterocycles. The summed E-state index contributed by atoms with van der Waals surface area (Å²) in [6, 6.07) is 7.38. The Labute approximate surface area is 130 Å². The number of carbonyl (C=O) groups excluding carboxylic acids is 1.